The van der Waals surface area contributed by atoms with Crippen LogP contribution < -0.4 is 0 Å². The average molecular weight is 312 g/mol. The zero-order valence-electron chi connectivity index (χ0n) is 10.9. The smallest absolute Gasteiger partial charge is 0.342 e. The summed E-state index contributed by atoms with van der Waals surface area (Å²) in [6, 6.07) is 1.48. The summed E-state index contributed by atoms with van der Waals surface area (Å²) in [5.74, 6) is -1.87. The van der Waals surface area contributed by atoms with Gasteiger partial charge in [-0.15, -0.1) is 0 Å². The number of aryl methyl sites for hydroxylation is 2. The molecule has 2 rings (SSSR count). The predicted molar refractivity (Wildman–Crippen MR) is 70.1 cm³/mol. The molecule has 0 atom stereocenters. The highest BCUT2D eigenvalue weighted by atomic mass is 32.2. The van der Waals surface area contributed by atoms with Crippen molar-refractivity contribution in [2.24, 2.45) is 0 Å². The van der Waals surface area contributed by atoms with E-state index in [0.29, 0.717) is 17.5 Å². The fourth-order valence-electron chi connectivity index (χ4n) is 1.52. The first-order valence-electron chi connectivity index (χ1n) is 5.62. The molecule has 0 amide bonds. The molecule has 1 aromatic carbocycles. The summed E-state index contributed by atoms with van der Waals surface area (Å²) >= 11 is 0.762. The number of aromatic carboxylic acids is 1. The Morgan fingerprint density at radius 2 is 2.14 bits per heavy atom. The van der Waals surface area contributed by atoms with E-state index in [9.17, 15) is 19.3 Å². The monoisotopic (exact) mass is 312 g/mol. The Morgan fingerprint density at radius 3 is 2.62 bits per heavy atom. The van der Waals surface area contributed by atoms with E-state index in [1.807, 2.05) is 0 Å². The van der Waals surface area contributed by atoms with Crippen LogP contribution in [0.3, 0.4) is 0 Å². The molecule has 0 unspecified atom stereocenters. The van der Waals surface area contributed by atoms with Crippen LogP contribution in [-0.2, 0) is 0 Å². The van der Waals surface area contributed by atoms with Gasteiger partial charge in [-0.05, 0) is 31.7 Å². The van der Waals surface area contributed by atoms with E-state index in [-0.39, 0.29) is 10.1 Å². The van der Waals surface area contributed by atoms with Crippen LogP contribution in [0.15, 0.2) is 26.7 Å². The van der Waals surface area contributed by atoms with E-state index in [1.165, 1.54) is 0 Å². The molecule has 0 fully saturated rings. The van der Waals surface area contributed by atoms with Crippen molar-refractivity contribution >= 4 is 23.4 Å². The van der Waals surface area contributed by atoms with Gasteiger partial charge in [-0.2, -0.15) is 0 Å². The van der Waals surface area contributed by atoms with Crippen molar-refractivity contribution < 1.29 is 23.6 Å². The first kappa shape index (κ1) is 15.0. The SMILES string of the molecule is Cc1nc(Sc2cc(C(=O)O)c([N+](=O)[O-])cc2F)oc1C. The summed E-state index contributed by atoms with van der Waals surface area (Å²) in [5.41, 5.74) is -0.772. The summed E-state index contributed by atoms with van der Waals surface area (Å²) in [7, 11) is 0. The molecule has 0 saturated heterocycles. The van der Waals surface area contributed by atoms with Gasteiger partial charge in [0, 0.05) is 0 Å². The number of carboxylic acids is 1. The molecule has 21 heavy (non-hydrogen) atoms. The molecule has 1 aromatic heterocycles. The topological polar surface area (TPSA) is 106 Å². The number of aromatic nitrogens is 1. The second-order valence-electron chi connectivity index (χ2n) is 4.09. The maximum absolute atomic E-state index is 13.9. The summed E-state index contributed by atoms with van der Waals surface area (Å²) in [4.78, 5) is 24.7. The zero-order valence-corrected chi connectivity index (χ0v) is 11.7. The van der Waals surface area contributed by atoms with Crippen LogP contribution in [0, 0.1) is 29.8 Å². The third-order valence-corrected chi connectivity index (χ3v) is 3.57. The molecule has 0 aliphatic carbocycles. The van der Waals surface area contributed by atoms with E-state index in [1.54, 1.807) is 13.8 Å². The van der Waals surface area contributed by atoms with Crippen molar-refractivity contribution in [3.05, 3.63) is 45.1 Å². The normalized spacial score (nSPS) is 10.6. The van der Waals surface area contributed by atoms with Gasteiger partial charge in [0.2, 0.25) is 0 Å². The molecule has 9 heteroatoms. The predicted octanol–water partition coefficient (Wildman–Crippen LogP) is 3.19. The Morgan fingerprint density at radius 1 is 1.48 bits per heavy atom. The van der Waals surface area contributed by atoms with E-state index >= 15 is 0 Å². The average Bonchev–Trinajstić information content (AvgIpc) is 2.69. The first-order chi connectivity index (χ1) is 9.79. The van der Waals surface area contributed by atoms with Gasteiger partial charge in [0.1, 0.15) is 17.1 Å². The number of nitrogens with zero attached hydrogens (tertiary/aromatic N) is 2. The van der Waals surface area contributed by atoms with Gasteiger partial charge in [0.15, 0.2) is 0 Å². The number of benzene rings is 1. The molecule has 1 N–H and O–H groups in total. The maximum atomic E-state index is 13.9. The van der Waals surface area contributed by atoms with Gasteiger partial charge >= 0.3 is 5.97 Å². The van der Waals surface area contributed by atoms with Crippen LogP contribution in [0.1, 0.15) is 21.8 Å². The molecular weight excluding hydrogens is 303 g/mol. The lowest BCUT2D eigenvalue weighted by atomic mass is 10.2. The van der Waals surface area contributed by atoms with Crippen molar-refractivity contribution in [3.63, 3.8) is 0 Å². The Balaban J connectivity index is 2.47. The molecule has 1 heterocycles. The molecular formula is C12H9FN2O5S. The largest absolute Gasteiger partial charge is 0.477 e. The van der Waals surface area contributed by atoms with Gasteiger partial charge in [-0.1, -0.05) is 0 Å². The minimum absolute atomic E-state index is 0.112. The molecule has 0 spiro atoms. The number of hydrogen-bond acceptors (Lipinski definition) is 6. The third-order valence-electron chi connectivity index (χ3n) is 2.68. The molecule has 0 radical (unpaired) electrons. The van der Waals surface area contributed by atoms with E-state index in [4.69, 9.17) is 9.52 Å². The van der Waals surface area contributed by atoms with E-state index in [2.05, 4.69) is 4.98 Å². The summed E-state index contributed by atoms with van der Waals surface area (Å²) in [5, 5.41) is 19.8. The fraction of sp³-hybridized carbons (Fsp3) is 0.167. The summed E-state index contributed by atoms with van der Waals surface area (Å²) in [6.45, 7) is 3.39. The number of carbonyl (C=O) groups is 1. The highest BCUT2D eigenvalue weighted by Gasteiger charge is 2.24. The van der Waals surface area contributed by atoms with Gasteiger partial charge in [0.05, 0.1) is 21.6 Å². The fourth-order valence-corrected chi connectivity index (χ4v) is 2.40. The first-order valence-corrected chi connectivity index (χ1v) is 6.44. The molecule has 7 nitrogen and oxygen atoms in total. The van der Waals surface area contributed by atoms with Crippen LogP contribution in [0.2, 0.25) is 0 Å². The van der Waals surface area contributed by atoms with Gasteiger partial charge in [-0.3, -0.25) is 10.1 Å². The van der Waals surface area contributed by atoms with Gasteiger partial charge in [0.25, 0.3) is 10.9 Å². The highest BCUT2D eigenvalue weighted by Crippen LogP contribution is 2.34. The molecule has 0 saturated carbocycles. The minimum atomic E-state index is -1.51. The van der Waals surface area contributed by atoms with Crippen LogP contribution in [0.4, 0.5) is 10.1 Å². The van der Waals surface area contributed by atoms with E-state index in [0.717, 1.165) is 17.8 Å². The lowest BCUT2D eigenvalue weighted by molar-refractivity contribution is -0.385. The van der Waals surface area contributed by atoms with Gasteiger partial charge < -0.3 is 9.52 Å². The lowest BCUT2D eigenvalue weighted by Crippen LogP contribution is -2.04. The number of nitro groups is 1. The molecule has 0 aliphatic rings. The number of rotatable bonds is 4. The van der Waals surface area contributed by atoms with Crippen LogP contribution in [0.5, 0.6) is 0 Å². The van der Waals surface area contributed by atoms with Crippen molar-refractivity contribution in [2.45, 2.75) is 24.0 Å². The third kappa shape index (κ3) is 3.02. The Labute approximate surface area is 121 Å². The number of nitro benzene ring substituents is 1. The quantitative estimate of drug-likeness (QED) is 0.682. The Hall–Kier alpha value is -2.42. The molecule has 2 aromatic rings. The summed E-state index contributed by atoms with van der Waals surface area (Å²) in [6.07, 6.45) is 0. The molecule has 110 valence electrons. The minimum Gasteiger partial charge on any atom is -0.477 e. The van der Waals surface area contributed by atoms with Crippen molar-refractivity contribution in [2.75, 3.05) is 0 Å². The standard InChI is InChI=1S/C12H9FN2O5S/c1-5-6(2)20-12(14-5)21-10-3-7(11(16)17)9(15(18)19)4-8(10)13/h3-4H,1-2H3,(H,16,17). The number of halogens is 1. The van der Waals surface area contributed by atoms with Crippen LogP contribution >= 0.6 is 11.8 Å². The van der Waals surface area contributed by atoms with Crippen LogP contribution in [-0.4, -0.2) is 21.0 Å². The maximum Gasteiger partial charge on any atom is 0.342 e. The lowest BCUT2D eigenvalue weighted by Gasteiger charge is -2.03. The summed E-state index contributed by atoms with van der Waals surface area (Å²) < 4.78 is 19.1. The van der Waals surface area contributed by atoms with Crippen molar-refractivity contribution in [3.8, 4) is 0 Å². The van der Waals surface area contributed by atoms with Crippen molar-refractivity contribution in [1.29, 1.82) is 0 Å². The number of carboxylic acid groups (broad SMARTS) is 1. The number of oxazole rings is 1. The second kappa shape index (κ2) is 5.52. The molecule has 0 bridgehead atoms. The van der Waals surface area contributed by atoms with Gasteiger partial charge in [-0.25, -0.2) is 14.2 Å². The molecule has 0 aliphatic heterocycles. The number of hydrogen-bond donors (Lipinski definition) is 1. The zero-order chi connectivity index (χ0) is 15.7. The second-order valence-corrected chi connectivity index (χ2v) is 5.08. The highest BCUT2D eigenvalue weighted by molar-refractivity contribution is 7.99. The van der Waals surface area contributed by atoms with E-state index < -0.39 is 28.0 Å². The Bertz CT molecular complexity index is 724. The Kier molecular flexibility index (Phi) is 3.94. The van der Waals surface area contributed by atoms with Crippen LogP contribution in [0.25, 0.3) is 0 Å². The van der Waals surface area contributed by atoms with Crippen molar-refractivity contribution in [1.82, 2.24) is 4.98 Å².